The zero-order chi connectivity index (χ0) is 15.4. The van der Waals surface area contributed by atoms with E-state index in [2.05, 4.69) is 14.8 Å². The Hall–Kier alpha value is -1.98. The van der Waals surface area contributed by atoms with Crippen LogP contribution in [0.4, 0.5) is 10.2 Å². The van der Waals surface area contributed by atoms with Crippen LogP contribution in [0.2, 0.25) is 0 Å². The van der Waals surface area contributed by atoms with E-state index in [4.69, 9.17) is 5.73 Å². The molecule has 0 radical (unpaired) electrons. The highest BCUT2D eigenvalue weighted by atomic mass is 19.1. The first kappa shape index (κ1) is 14.9. The summed E-state index contributed by atoms with van der Waals surface area (Å²) in [6.07, 6.45) is 1.82. The molecule has 0 aliphatic carbocycles. The lowest BCUT2D eigenvalue weighted by molar-refractivity contribution is 0.189. The van der Waals surface area contributed by atoms with E-state index >= 15 is 0 Å². The van der Waals surface area contributed by atoms with Crippen molar-refractivity contribution in [3.8, 4) is 0 Å². The summed E-state index contributed by atoms with van der Waals surface area (Å²) in [5.41, 5.74) is 6.89. The molecule has 2 N–H and O–H groups in total. The molecule has 3 rings (SSSR count). The van der Waals surface area contributed by atoms with Gasteiger partial charge in [-0.05, 0) is 29.8 Å². The summed E-state index contributed by atoms with van der Waals surface area (Å²) in [5.74, 6) is 0.806. The molecule has 22 heavy (non-hydrogen) atoms. The van der Waals surface area contributed by atoms with Crippen molar-refractivity contribution in [1.82, 2.24) is 9.88 Å². The summed E-state index contributed by atoms with van der Waals surface area (Å²) >= 11 is 0. The van der Waals surface area contributed by atoms with E-state index in [1.54, 1.807) is 12.1 Å². The summed E-state index contributed by atoms with van der Waals surface area (Å²) in [4.78, 5) is 9.00. The van der Waals surface area contributed by atoms with E-state index in [0.717, 1.165) is 37.6 Å². The maximum absolute atomic E-state index is 13.4. The molecule has 0 amide bonds. The van der Waals surface area contributed by atoms with E-state index in [9.17, 15) is 4.39 Å². The highest BCUT2D eigenvalue weighted by molar-refractivity contribution is 5.38. The molecule has 1 fully saturated rings. The Morgan fingerprint density at radius 3 is 2.55 bits per heavy atom. The number of nitrogens with zero attached hydrogens (tertiary/aromatic N) is 3. The zero-order valence-electron chi connectivity index (χ0n) is 12.5. The van der Waals surface area contributed by atoms with Gasteiger partial charge in [0.25, 0.3) is 0 Å². The molecule has 1 atom stereocenters. The van der Waals surface area contributed by atoms with Gasteiger partial charge in [-0.25, -0.2) is 9.37 Å². The fraction of sp³-hybridized carbons (Fsp3) is 0.353. The second-order valence-electron chi connectivity index (χ2n) is 5.52. The Bertz CT molecular complexity index is 597. The van der Waals surface area contributed by atoms with Gasteiger partial charge in [-0.3, -0.25) is 4.90 Å². The largest absolute Gasteiger partial charge is 0.354 e. The van der Waals surface area contributed by atoms with E-state index in [1.165, 1.54) is 6.07 Å². The Labute approximate surface area is 130 Å². The Morgan fingerprint density at radius 2 is 1.91 bits per heavy atom. The van der Waals surface area contributed by atoms with Crippen LogP contribution in [0, 0.1) is 5.82 Å². The van der Waals surface area contributed by atoms with Gasteiger partial charge in [0.05, 0.1) is 0 Å². The maximum Gasteiger partial charge on any atom is 0.128 e. The van der Waals surface area contributed by atoms with Crippen LogP contribution in [0.25, 0.3) is 0 Å². The molecule has 1 aliphatic rings. The number of hydrogen-bond acceptors (Lipinski definition) is 4. The van der Waals surface area contributed by atoms with Crippen molar-refractivity contribution in [3.63, 3.8) is 0 Å². The molecule has 0 saturated carbocycles. The van der Waals surface area contributed by atoms with E-state index < -0.39 is 0 Å². The molecular formula is C17H21FN4. The molecule has 2 heterocycles. The van der Waals surface area contributed by atoms with Crippen LogP contribution in [-0.4, -0.2) is 42.6 Å². The second-order valence-corrected chi connectivity index (χ2v) is 5.52. The van der Waals surface area contributed by atoms with Gasteiger partial charge in [0, 0.05) is 45.0 Å². The van der Waals surface area contributed by atoms with Gasteiger partial charge in [-0.2, -0.15) is 0 Å². The molecule has 1 aromatic carbocycles. The van der Waals surface area contributed by atoms with Gasteiger partial charge in [0.1, 0.15) is 11.6 Å². The lowest BCUT2D eigenvalue weighted by atomic mass is 10.0. The van der Waals surface area contributed by atoms with Crippen LogP contribution in [0.3, 0.4) is 0 Å². The first-order chi connectivity index (χ1) is 10.8. The Kier molecular flexibility index (Phi) is 4.65. The highest BCUT2D eigenvalue weighted by Gasteiger charge is 2.24. The lowest BCUT2D eigenvalue weighted by Gasteiger charge is -2.39. The summed E-state index contributed by atoms with van der Waals surface area (Å²) in [6.45, 7) is 4.10. The standard InChI is InChI=1S/C17H21FN4/c18-15-5-3-4-14(12-15)16(13-19)21-8-10-22(11-9-21)17-6-1-2-7-20-17/h1-7,12,16H,8-11,13,19H2. The highest BCUT2D eigenvalue weighted by Crippen LogP contribution is 2.23. The van der Waals surface area contributed by atoms with E-state index in [-0.39, 0.29) is 11.9 Å². The molecule has 5 heteroatoms. The van der Waals surface area contributed by atoms with Crippen LogP contribution < -0.4 is 10.6 Å². The number of benzene rings is 1. The Morgan fingerprint density at radius 1 is 1.09 bits per heavy atom. The van der Waals surface area contributed by atoms with E-state index in [1.807, 2.05) is 30.5 Å². The van der Waals surface area contributed by atoms with Crippen LogP contribution in [0.1, 0.15) is 11.6 Å². The molecule has 1 aliphatic heterocycles. The minimum absolute atomic E-state index is 0.0709. The number of nitrogens with two attached hydrogens (primary N) is 1. The van der Waals surface area contributed by atoms with Crippen LogP contribution in [-0.2, 0) is 0 Å². The van der Waals surface area contributed by atoms with Gasteiger partial charge in [0.15, 0.2) is 0 Å². The smallest absolute Gasteiger partial charge is 0.128 e. The average Bonchev–Trinajstić information content (AvgIpc) is 2.57. The zero-order valence-corrected chi connectivity index (χ0v) is 12.5. The maximum atomic E-state index is 13.4. The number of aromatic nitrogens is 1. The number of hydrogen-bond donors (Lipinski definition) is 1. The summed E-state index contributed by atoms with van der Waals surface area (Å²) in [7, 11) is 0. The number of pyridine rings is 1. The third-order valence-electron chi connectivity index (χ3n) is 4.19. The van der Waals surface area contributed by atoms with Crippen molar-refractivity contribution in [1.29, 1.82) is 0 Å². The van der Waals surface area contributed by atoms with Crippen LogP contribution in [0.5, 0.6) is 0 Å². The first-order valence-corrected chi connectivity index (χ1v) is 7.63. The molecule has 0 spiro atoms. The van der Waals surface area contributed by atoms with Crippen molar-refractivity contribution in [3.05, 3.63) is 60.0 Å². The SMILES string of the molecule is NCC(c1cccc(F)c1)N1CCN(c2ccccn2)CC1. The lowest BCUT2D eigenvalue weighted by Crippen LogP contribution is -2.49. The van der Waals surface area contributed by atoms with E-state index in [0.29, 0.717) is 6.54 Å². The van der Waals surface area contributed by atoms with Crippen molar-refractivity contribution < 1.29 is 4.39 Å². The van der Waals surface area contributed by atoms with Crippen molar-refractivity contribution >= 4 is 5.82 Å². The fourth-order valence-electron chi connectivity index (χ4n) is 3.01. The molecule has 1 aromatic heterocycles. The minimum atomic E-state index is -0.205. The van der Waals surface area contributed by atoms with Crippen molar-refractivity contribution in [2.45, 2.75) is 6.04 Å². The van der Waals surface area contributed by atoms with Crippen LogP contribution in [0.15, 0.2) is 48.7 Å². The molecule has 1 unspecified atom stereocenters. The monoisotopic (exact) mass is 300 g/mol. The summed E-state index contributed by atoms with van der Waals surface area (Å²) in [5, 5.41) is 0. The number of piperazine rings is 1. The third-order valence-corrected chi connectivity index (χ3v) is 4.19. The minimum Gasteiger partial charge on any atom is -0.354 e. The molecular weight excluding hydrogens is 279 g/mol. The van der Waals surface area contributed by atoms with Crippen molar-refractivity contribution in [2.75, 3.05) is 37.6 Å². The second kappa shape index (κ2) is 6.85. The number of halogens is 1. The summed E-state index contributed by atoms with van der Waals surface area (Å²) < 4.78 is 13.4. The predicted octanol–water partition coefficient (Wildman–Crippen LogP) is 2.04. The first-order valence-electron chi connectivity index (χ1n) is 7.63. The summed E-state index contributed by atoms with van der Waals surface area (Å²) in [6, 6.07) is 12.8. The van der Waals surface area contributed by atoms with Crippen LogP contribution >= 0.6 is 0 Å². The molecule has 116 valence electrons. The molecule has 2 aromatic rings. The predicted molar refractivity (Wildman–Crippen MR) is 86.2 cm³/mol. The average molecular weight is 300 g/mol. The van der Waals surface area contributed by atoms with Gasteiger partial charge in [0.2, 0.25) is 0 Å². The fourth-order valence-corrected chi connectivity index (χ4v) is 3.01. The molecule has 0 bridgehead atoms. The third kappa shape index (κ3) is 3.26. The number of rotatable bonds is 4. The van der Waals surface area contributed by atoms with Gasteiger partial charge in [-0.1, -0.05) is 18.2 Å². The van der Waals surface area contributed by atoms with Gasteiger partial charge in [-0.15, -0.1) is 0 Å². The quantitative estimate of drug-likeness (QED) is 0.938. The normalized spacial score (nSPS) is 17.5. The molecule has 1 saturated heterocycles. The number of anilines is 1. The molecule has 4 nitrogen and oxygen atoms in total. The topological polar surface area (TPSA) is 45.4 Å². The van der Waals surface area contributed by atoms with Gasteiger partial charge >= 0.3 is 0 Å². The van der Waals surface area contributed by atoms with Gasteiger partial charge < -0.3 is 10.6 Å². The van der Waals surface area contributed by atoms with Crippen molar-refractivity contribution in [2.24, 2.45) is 5.73 Å². The Balaban J connectivity index is 1.67.